The third-order valence-electron chi connectivity index (χ3n) is 6.54. The molecule has 3 aliphatic carbocycles. The van der Waals surface area contributed by atoms with Crippen molar-refractivity contribution >= 4 is 11.9 Å². The summed E-state index contributed by atoms with van der Waals surface area (Å²) in [6.07, 6.45) is 8.69. The fraction of sp³-hybridized carbons (Fsp3) is 0.550. The number of fused-ring (bicyclic) bond motifs is 5. The van der Waals surface area contributed by atoms with Gasteiger partial charge in [0.1, 0.15) is 11.5 Å². The van der Waals surface area contributed by atoms with Gasteiger partial charge >= 0.3 is 0 Å². The first-order valence-electron chi connectivity index (χ1n) is 8.44. The molecule has 0 saturated heterocycles. The van der Waals surface area contributed by atoms with Crippen LogP contribution in [0.1, 0.15) is 55.2 Å². The summed E-state index contributed by atoms with van der Waals surface area (Å²) in [5.74, 6) is 3.09. The third-order valence-corrected chi connectivity index (χ3v) is 6.54. The van der Waals surface area contributed by atoms with Gasteiger partial charge in [-0.1, -0.05) is 19.1 Å². The summed E-state index contributed by atoms with van der Waals surface area (Å²) in [7, 11) is 1.73. The predicted octanol–water partition coefficient (Wildman–Crippen LogP) is 4.51. The smallest absolute Gasteiger partial charge is 0.139 e. The summed E-state index contributed by atoms with van der Waals surface area (Å²) in [6, 6.07) is 4.31. The van der Waals surface area contributed by atoms with Crippen molar-refractivity contribution in [2.24, 2.45) is 17.3 Å². The summed E-state index contributed by atoms with van der Waals surface area (Å²) < 4.78 is 5.42. The molecule has 116 valence electrons. The van der Waals surface area contributed by atoms with Crippen LogP contribution in [0.2, 0.25) is 0 Å². The minimum atomic E-state index is -0.0661. The Kier molecular flexibility index (Phi) is 3.01. The molecule has 1 aromatic carbocycles. The summed E-state index contributed by atoms with van der Waals surface area (Å²) in [5.41, 5.74) is 4.07. The average molecular weight is 296 g/mol. The maximum Gasteiger partial charge on any atom is 0.139 e. The molecule has 1 aromatic rings. The van der Waals surface area contributed by atoms with Crippen molar-refractivity contribution < 1.29 is 9.53 Å². The van der Waals surface area contributed by atoms with Crippen LogP contribution < -0.4 is 4.74 Å². The predicted molar refractivity (Wildman–Crippen MR) is 88.1 cm³/mol. The number of ketones is 1. The second-order valence-electron chi connectivity index (χ2n) is 7.51. The largest absolute Gasteiger partial charge is 0.497 e. The van der Waals surface area contributed by atoms with Crippen molar-refractivity contribution in [2.45, 2.75) is 45.4 Å². The number of carbonyl (C=O) groups is 1. The van der Waals surface area contributed by atoms with Gasteiger partial charge in [-0.2, -0.15) is 0 Å². The Bertz CT molecular complexity index is 673. The van der Waals surface area contributed by atoms with E-state index >= 15 is 0 Å². The number of allylic oxidation sites excluding steroid dienone is 1. The molecular weight excluding hydrogens is 272 g/mol. The van der Waals surface area contributed by atoms with E-state index in [1.54, 1.807) is 7.11 Å². The summed E-state index contributed by atoms with van der Waals surface area (Å²) in [6.45, 7) is 4.42. The molecule has 2 fully saturated rings. The lowest BCUT2D eigenvalue weighted by Gasteiger charge is -2.46. The molecule has 2 heteroatoms. The maximum absolute atomic E-state index is 12.4. The monoisotopic (exact) mass is 296 g/mol. The number of benzene rings is 1. The highest BCUT2D eigenvalue weighted by Crippen LogP contribution is 2.59. The van der Waals surface area contributed by atoms with Crippen molar-refractivity contribution in [1.29, 1.82) is 0 Å². The zero-order valence-corrected chi connectivity index (χ0v) is 13.7. The first kappa shape index (κ1) is 14.0. The fourth-order valence-corrected chi connectivity index (χ4v) is 5.34. The number of hydrogen-bond acceptors (Lipinski definition) is 2. The van der Waals surface area contributed by atoms with Crippen molar-refractivity contribution in [3.63, 3.8) is 0 Å². The Balaban J connectivity index is 1.78. The molecule has 0 radical (unpaired) electrons. The molecule has 0 N–H and O–H groups in total. The molecule has 0 spiro atoms. The van der Waals surface area contributed by atoms with E-state index in [0.717, 1.165) is 31.4 Å². The van der Waals surface area contributed by atoms with E-state index in [1.165, 1.54) is 16.7 Å². The molecule has 0 amide bonds. The van der Waals surface area contributed by atoms with Gasteiger partial charge in [-0.15, -0.1) is 0 Å². The second kappa shape index (κ2) is 4.71. The van der Waals surface area contributed by atoms with E-state index in [9.17, 15) is 4.79 Å². The van der Waals surface area contributed by atoms with Crippen LogP contribution in [-0.2, 0) is 4.79 Å². The van der Waals surface area contributed by atoms with Crippen molar-refractivity contribution in [3.8, 4) is 5.75 Å². The van der Waals surface area contributed by atoms with Crippen LogP contribution in [0.15, 0.2) is 18.2 Å². The number of methoxy groups -OCH3 is 1. The van der Waals surface area contributed by atoms with E-state index in [-0.39, 0.29) is 5.41 Å². The average Bonchev–Trinajstić information content (AvgIpc) is 2.82. The van der Waals surface area contributed by atoms with Crippen LogP contribution in [0.5, 0.6) is 5.75 Å². The quantitative estimate of drug-likeness (QED) is 0.762. The van der Waals surface area contributed by atoms with Gasteiger partial charge < -0.3 is 4.74 Å². The lowest BCUT2D eigenvalue weighted by molar-refractivity contribution is -0.128. The van der Waals surface area contributed by atoms with Gasteiger partial charge in [-0.3, -0.25) is 4.79 Å². The Morgan fingerprint density at radius 2 is 2.09 bits per heavy atom. The van der Waals surface area contributed by atoms with Crippen molar-refractivity contribution in [3.05, 3.63) is 34.9 Å². The highest BCUT2D eigenvalue weighted by atomic mass is 16.5. The Morgan fingerprint density at radius 1 is 1.27 bits per heavy atom. The van der Waals surface area contributed by atoms with Gasteiger partial charge in [0.2, 0.25) is 0 Å². The lowest BCUT2D eigenvalue weighted by Crippen LogP contribution is -2.41. The van der Waals surface area contributed by atoms with Crippen LogP contribution in [0.25, 0.3) is 6.08 Å². The Labute approximate surface area is 132 Å². The number of carbonyl (C=O) groups excluding carboxylic acids is 1. The number of Topliss-reactive ketones (excluding diaryl/α,β-unsaturated/α-hetero) is 1. The molecule has 0 aliphatic heterocycles. The minimum absolute atomic E-state index is 0.0661. The minimum Gasteiger partial charge on any atom is -0.497 e. The van der Waals surface area contributed by atoms with Gasteiger partial charge in [0.15, 0.2) is 0 Å². The molecule has 22 heavy (non-hydrogen) atoms. The van der Waals surface area contributed by atoms with Gasteiger partial charge in [-0.25, -0.2) is 0 Å². The van der Waals surface area contributed by atoms with Gasteiger partial charge in [0.25, 0.3) is 0 Å². The van der Waals surface area contributed by atoms with E-state index < -0.39 is 0 Å². The summed E-state index contributed by atoms with van der Waals surface area (Å²) >= 11 is 0. The molecule has 2 saturated carbocycles. The zero-order valence-electron chi connectivity index (χ0n) is 13.7. The second-order valence-corrected chi connectivity index (χ2v) is 7.51. The molecule has 4 rings (SSSR count). The molecule has 0 heterocycles. The molecule has 4 atom stereocenters. The van der Waals surface area contributed by atoms with Crippen LogP contribution in [0.4, 0.5) is 0 Å². The standard InChI is InChI=1S/C20H24O2/c1-12-10-14(22-3)11-13-4-5-15-16(19(12)13)8-9-20(2)17(15)6-7-18(20)21/h4-5,10-11,15-17H,6-9H2,1-3H3. The maximum atomic E-state index is 12.4. The molecule has 3 aliphatic rings. The Morgan fingerprint density at radius 3 is 2.86 bits per heavy atom. The van der Waals surface area contributed by atoms with Crippen LogP contribution >= 0.6 is 0 Å². The summed E-state index contributed by atoms with van der Waals surface area (Å²) in [4.78, 5) is 12.4. The van der Waals surface area contributed by atoms with Crippen LogP contribution in [0, 0.1) is 24.2 Å². The van der Waals surface area contributed by atoms with Crippen LogP contribution in [-0.4, -0.2) is 12.9 Å². The van der Waals surface area contributed by atoms with Crippen molar-refractivity contribution in [1.82, 2.24) is 0 Å². The number of hydrogen-bond donors (Lipinski definition) is 0. The zero-order chi connectivity index (χ0) is 15.5. The van der Waals surface area contributed by atoms with E-state index in [2.05, 4.69) is 38.1 Å². The lowest BCUT2D eigenvalue weighted by atomic mass is 9.57. The molecule has 0 aromatic heterocycles. The first-order valence-corrected chi connectivity index (χ1v) is 8.44. The normalized spacial score (nSPS) is 35.8. The molecule has 4 unspecified atom stereocenters. The van der Waals surface area contributed by atoms with E-state index in [0.29, 0.717) is 23.5 Å². The van der Waals surface area contributed by atoms with Gasteiger partial charge in [0, 0.05) is 11.8 Å². The third kappa shape index (κ3) is 1.76. The molecule has 0 bridgehead atoms. The highest BCUT2D eigenvalue weighted by Gasteiger charge is 2.53. The fourth-order valence-electron chi connectivity index (χ4n) is 5.34. The number of rotatable bonds is 1. The summed E-state index contributed by atoms with van der Waals surface area (Å²) in [5, 5.41) is 0. The molecular formula is C20H24O2. The van der Waals surface area contributed by atoms with E-state index in [4.69, 9.17) is 4.74 Å². The Hall–Kier alpha value is -1.57. The number of aryl methyl sites for hydroxylation is 1. The van der Waals surface area contributed by atoms with E-state index in [1.807, 2.05) is 0 Å². The van der Waals surface area contributed by atoms with Gasteiger partial charge in [-0.05, 0) is 72.8 Å². The SMILES string of the molecule is COc1cc(C)c2c(c1)C=CC1C2CCC2(C)C(=O)CCC12. The molecule has 2 nitrogen and oxygen atoms in total. The first-order chi connectivity index (χ1) is 10.5. The number of ether oxygens (including phenoxy) is 1. The van der Waals surface area contributed by atoms with Crippen molar-refractivity contribution in [2.75, 3.05) is 7.11 Å². The van der Waals surface area contributed by atoms with Crippen LogP contribution in [0.3, 0.4) is 0 Å². The van der Waals surface area contributed by atoms with Gasteiger partial charge in [0.05, 0.1) is 7.11 Å². The topological polar surface area (TPSA) is 26.3 Å². The highest BCUT2D eigenvalue weighted by molar-refractivity contribution is 5.87.